The van der Waals surface area contributed by atoms with Crippen molar-refractivity contribution in [2.75, 3.05) is 13.1 Å². The summed E-state index contributed by atoms with van der Waals surface area (Å²) in [5.74, 6) is -3.79. The number of benzene rings is 2. The molecular weight excluding hydrogens is 464 g/mol. The third kappa shape index (κ3) is 5.16. The van der Waals surface area contributed by atoms with E-state index >= 15 is 0 Å². The highest BCUT2D eigenvalue weighted by Gasteiger charge is 2.31. The van der Waals surface area contributed by atoms with Crippen LogP contribution in [0.15, 0.2) is 41.3 Å². The van der Waals surface area contributed by atoms with E-state index in [1.54, 1.807) is 0 Å². The average molecular weight is 486 g/mol. The molecule has 6 nitrogen and oxygen atoms in total. The number of ketones is 1. The molecule has 1 heterocycles. The van der Waals surface area contributed by atoms with Gasteiger partial charge in [0, 0.05) is 18.7 Å². The van der Waals surface area contributed by atoms with Crippen molar-refractivity contribution in [2.24, 2.45) is 5.92 Å². The largest absolute Gasteiger partial charge is 0.451 e. The van der Waals surface area contributed by atoms with Gasteiger partial charge in [0.15, 0.2) is 17.7 Å². The van der Waals surface area contributed by atoms with Crippen LogP contribution >= 0.6 is 11.6 Å². The summed E-state index contributed by atoms with van der Waals surface area (Å²) in [4.78, 5) is 24.8. The Hall–Kier alpha value is -2.36. The first-order chi connectivity index (χ1) is 15.0. The first-order valence-corrected chi connectivity index (χ1v) is 11.8. The van der Waals surface area contributed by atoms with E-state index in [2.05, 4.69) is 0 Å². The monoisotopic (exact) mass is 485 g/mol. The molecule has 2 aromatic carbocycles. The van der Waals surface area contributed by atoms with Crippen LogP contribution in [0.3, 0.4) is 0 Å². The fourth-order valence-electron chi connectivity index (χ4n) is 3.50. The van der Waals surface area contributed by atoms with Crippen molar-refractivity contribution in [3.05, 3.63) is 64.2 Å². The normalized spacial score (nSPS) is 18.2. The van der Waals surface area contributed by atoms with Crippen molar-refractivity contribution in [3.8, 4) is 0 Å². The van der Waals surface area contributed by atoms with Crippen LogP contribution in [0, 0.1) is 17.6 Å². The zero-order chi connectivity index (χ0) is 23.6. The first-order valence-electron chi connectivity index (χ1n) is 10.0. The molecule has 1 aliphatic rings. The van der Waals surface area contributed by atoms with Crippen LogP contribution in [0.2, 0.25) is 5.02 Å². The molecule has 10 heteroatoms. The number of hydrogen-bond acceptors (Lipinski definition) is 5. The van der Waals surface area contributed by atoms with E-state index < -0.39 is 39.5 Å². The number of carbonyl (C=O) groups excluding carboxylic acids is 2. The fraction of sp³-hybridized carbons (Fsp3) is 0.364. The zero-order valence-corrected chi connectivity index (χ0v) is 19.1. The van der Waals surface area contributed by atoms with Gasteiger partial charge in [0.2, 0.25) is 15.8 Å². The molecule has 0 amide bonds. The summed E-state index contributed by atoms with van der Waals surface area (Å²) in [6, 6.07) is 6.28. The van der Waals surface area contributed by atoms with Crippen molar-refractivity contribution in [3.63, 3.8) is 0 Å². The van der Waals surface area contributed by atoms with Crippen LogP contribution in [-0.4, -0.2) is 43.7 Å². The van der Waals surface area contributed by atoms with E-state index in [-0.39, 0.29) is 27.0 Å². The molecule has 0 N–H and O–H groups in total. The molecule has 2 atom stereocenters. The van der Waals surface area contributed by atoms with Crippen molar-refractivity contribution in [2.45, 2.75) is 37.7 Å². The van der Waals surface area contributed by atoms with Gasteiger partial charge in [0.25, 0.3) is 0 Å². The second-order valence-corrected chi connectivity index (χ2v) is 10.1. The Labute approximate surface area is 190 Å². The van der Waals surface area contributed by atoms with Gasteiger partial charge in [-0.1, -0.05) is 18.5 Å². The number of carbonyl (C=O) groups is 2. The predicted molar refractivity (Wildman–Crippen MR) is 114 cm³/mol. The van der Waals surface area contributed by atoms with Gasteiger partial charge in [-0.15, -0.1) is 0 Å². The molecule has 3 rings (SSSR count). The van der Waals surface area contributed by atoms with Gasteiger partial charge in [-0.25, -0.2) is 22.0 Å². The topological polar surface area (TPSA) is 80.8 Å². The van der Waals surface area contributed by atoms with Gasteiger partial charge >= 0.3 is 5.97 Å². The molecule has 0 radical (unpaired) electrons. The Kier molecular flexibility index (Phi) is 7.32. The fourth-order valence-corrected chi connectivity index (χ4v) is 5.60. The smallest absolute Gasteiger partial charge is 0.338 e. The number of nitrogens with zero attached hydrogens (tertiary/aromatic N) is 1. The highest BCUT2D eigenvalue weighted by Crippen LogP contribution is 2.29. The van der Waals surface area contributed by atoms with Gasteiger partial charge in [-0.05, 0) is 62.1 Å². The molecule has 0 saturated carbocycles. The van der Waals surface area contributed by atoms with Crippen LogP contribution in [0.5, 0.6) is 0 Å². The highest BCUT2D eigenvalue weighted by atomic mass is 35.5. The molecule has 0 bridgehead atoms. The van der Waals surface area contributed by atoms with Crippen molar-refractivity contribution < 1.29 is 31.5 Å². The van der Waals surface area contributed by atoms with E-state index in [1.165, 1.54) is 23.4 Å². The lowest BCUT2D eigenvalue weighted by atomic mass is 10.0. The highest BCUT2D eigenvalue weighted by molar-refractivity contribution is 7.89. The molecule has 1 saturated heterocycles. The Morgan fingerprint density at radius 2 is 1.81 bits per heavy atom. The summed E-state index contributed by atoms with van der Waals surface area (Å²) in [6.45, 7) is 3.96. The second-order valence-electron chi connectivity index (χ2n) is 7.80. The lowest BCUT2D eigenvalue weighted by molar-refractivity contribution is 0.0318. The van der Waals surface area contributed by atoms with Gasteiger partial charge in [0.1, 0.15) is 4.90 Å². The maximum atomic E-state index is 13.4. The van der Waals surface area contributed by atoms with Gasteiger partial charge in [-0.2, -0.15) is 4.31 Å². The van der Waals surface area contributed by atoms with Crippen molar-refractivity contribution >= 4 is 33.4 Å². The number of Topliss-reactive ketones (excluding diaryl/α,β-unsaturated/α-hetero) is 1. The number of hydrogen-bond donors (Lipinski definition) is 0. The summed E-state index contributed by atoms with van der Waals surface area (Å²) in [7, 11) is -3.93. The summed E-state index contributed by atoms with van der Waals surface area (Å²) < 4.78 is 59.1. The lowest BCUT2D eigenvalue weighted by Crippen LogP contribution is -2.39. The number of sulfonamides is 1. The molecule has 2 aromatic rings. The molecular formula is C22H22ClF2NO5S. The predicted octanol–water partition coefficient (Wildman–Crippen LogP) is 4.47. The van der Waals surface area contributed by atoms with E-state index in [1.807, 2.05) is 6.92 Å². The molecule has 1 aliphatic heterocycles. The van der Waals surface area contributed by atoms with Crippen molar-refractivity contribution in [1.82, 2.24) is 4.31 Å². The van der Waals surface area contributed by atoms with E-state index in [0.717, 1.165) is 31.0 Å². The number of ether oxygens (including phenoxy) is 1. The Morgan fingerprint density at radius 1 is 1.12 bits per heavy atom. The van der Waals surface area contributed by atoms with Gasteiger partial charge in [-0.3, -0.25) is 4.79 Å². The molecule has 0 unspecified atom stereocenters. The third-order valence-electron chi connectivity index (χ3n) is 5.26. The quantitative estimate of drug-likeness (QED) is 0.445. The van der Waals surface area contributed by atoms with Gasteiger partial charge in [0.05, 0.1) is 10.6 Å². The molecule has 0 aromatic heterocycles. The minimum atomic E-state index is -3.93. The number of piperidine rings is 1. The second kappa shape index (κ2) is 9.64. The molecule has 172 valence electrons. The Bertz CT molecular complexity index is 1160. The number of rotatable bonds is 6. The van der Waals surface area contributed by atoms with E-state index in [0.29, 0.717) is 19.2 Å². The summed E-state index contributed by atoms with van der Waals surface area (Å²) >= 11 is 6.13. The molecule has 0 spiro atoms. The zero-order valence-electron chi connectivity index (χ0n) is 17.5. The van der Waals surface area contributed by atoms with Crippen LogP contribution in [0.1, 0.15) is 47.4 Å². The summed E-state index contributed by atoms with van der Waals surface area (Å²) in [5.41, 5.74) is -0.272. The summed E-state index contributed by atoms with van der Waals surface area (Å²) in [5, 5.41) is -0.0364. The molecule has 0 aliphatic carbocycles. The Morgan fingerprint density at radius 3 is 2.47 bits per heavy atom. The van der Waals surface area contributed by atoms with Gasteiger partial charge < -0.3 is 4.74 Å². The number of halogens is 3. The van der Waals surface area contributed by atoms with Crippen molar-refractivity contribution in [1.29, 1.82) is 0 Å². The minimum absolute atomic E-state index is 0.0364. The summed E-state index contributed by atoms with van der Waals surface area (Å²) in [6.07, 6.45) is 0.338. The molecule has 32 heavy (non-hydrogen) atoms. The van der Waals surface area contributed by atoms with Crippen LogP contribution in [0.25, 0.3) is 0 Å². The number of esters is 1. The lowest BCUT2D eigenvalue weighted by Gasteiger charge is -2.30. The first kappa shape index (κ1) is 24.3. The maximum absolute atomic E-state index is 13.4. The standard InChI is InChI=1S/C22H22ClF2NO5S/c1-13-4-3-9-26(12-13)32(29,30)20-11-16(5-7-17(20)23)22(28)31-14(2)21(27)15-6-8-18(24)19(25)10-15/h5-8,10-11,13-14H,3-4,9,12H2,1-2H3/t13-,14+/m1/s1. The van der Waals surface area contributed by atoms with Crippen LogP contribution < -0.4 is 0 Å². The third-order valence-corrected chi connectivity index (χ3v) is 7.61. The Balaban J connectivity index is 1.80. The average Bonchev–Trinajstić information content (AvgIpc) is 2.75. The van der Waals surface area contributed by atoms with E-state index in [4.69, 9.17) is 16.3 Å². The molecule has 1 fully saturated rings. The maximum Gasteiger partial charge on any atom is 0.338 e. The SMILES string of the molecule is C[C@@H]1CCCN(S(=O)(=O)c2cc(C(=O)O[C@@H](C)C(=O)c3ccc(F)c(F)c3)ccc2Cl)C1. The van der Waals surface area contributed by atoms with Crippen LogP contribution in [0.4, 0.5) is 8.78 Å². The van der Waals surface area contributed by atoms with E-state index in [9.17, 15) is 26.8 Å². The van der Waals surface area contributed by atoms with Crippen LogP contribution in [-0.2, 0) is 14.8 Å². The minimum Gasteiger partial charge on any atom is -0.451 e.